The molecule has 0 radical (unpaired) electrons. The molecule has 1 saturated heterocycles. The Balaban J connectivity index is 2.02. The van der Waals surface area contributed by atoms with Gasteiger partial charge in [0.1, 0.15) is 10.6 Å². The minimum absolute atomic E-state index is 0.0481. The molecule has 1 amide bonds. The van der Waals surface area contributed by atoms with Crippen LogP contribution in [0, 0.1) is 0 Å². The van der Waals surface area contributed by atoms with Crippen molar-refractivity contribution >= 4 is 23.8 Å². The molecule has 0 bridgehead atoms. The van der Waals surface area contributed by atoms with E-state index in [4.69, 9.17) is 9.84 Å². The molecule has 0 aromatic carbocycles. The summed E-state index contributed by atoms with van der Waals surface area (Å²) in [4.78, 5) is 32.7. The van der Waals surface area contributed by atoms with Gasteiger partial charge in [-0.25, -0.2) is 9.78 Å². The normalized spacial score (nSPS) is 16.8. The number of ether oxygens (including phenoxy) is 1. The molecule has 0 unspecified atom stereocenters. The zero-order valence-electron chi connectivity index (χ0n) is 12.8. The molecule has 7 nitrogen and oxygen atoms in total. The summed E-state index contributed by atoms with van der Waals surface area (Å²) < 4.78 is 4.71. The lowest BCUT2D eigenvalue weighted by Gasteiger charge is -2.48. The van der Waals surface area contributed by atoms with Crippen LogP contribution in [0.2, 0.25) is 0 Å². The van der Waals surface area contributed by atoms with E-state index >= 15 is 0 Å². The van der Waals surface area contributed by atoms with E-state index in [-0.39, 0.29) is 6.42 Å². The number of rotatable bonds is 4. The van der Waals surface area contributed by atoms with Gasteiger partial charge in [-0.3, -0.25) is 9.78 Å². The van der Waals surface area contributed by atoms with Crippen LogP contribution in [-0.2, 0) is 9.53 Å². The molecular formula is C14H19N3O4S. The summed E-state index contributed by atoms with van der Waals surface area (Å²) >= 11 is 1.34. The molecule has 1 fully saturated rings. The summed E-state index contributed by atoms with van der Waals surface area (Å²) in [5.74, 6) is -0.903. The average molecular weight is 325 g/mol. The monoisotopic (exact) mass is 325 g/mol. The average Bonchev–Trinajstić information content (AvgIpc) is 2.33. The minimum atomic E-state index is -0.903. The van der Waals surface area contributed by atoms with Crippen molar-refractivity contribution in [2.45, 2.75) is 42.6 Å². The SMILES string of the molecule is CC(C)(C)OC(=O)N1CC(CC(=O)O)(Sc2cnccn2)C1. The van der Waals surface area contributed by atoms with Gasteiger partial charge in [-0.15, -0.1) is 0 Å². The first-order valence-electron chi connectivity index (χ1n) is 6.84. The van der Waals surface area contributed by atoms with Crippen molar-refractivity contribution in [1.29, 1.82) is 0 Å². The van der Waals surface area contributed by atoms with Gasteiger partial charge in [-0.05, 0) is 20.8 Å². The number of carbonyl (C=O) groups excluding carboxylic acids is 1. The lowest BCUT2D eigenvalue weighted by atomic mass is 9.95. The molecule has 120 valence electrons. The van der Waals surface area contributed by atoms with Crippen LogP contribution in [0.5, 0.6) is 0 Å². The highest BCUT2D eigenvalue weighted by atomic mass is 32.2. The van der Waals surface area contributed by atoms with Crippen molar-refractivity contribution in [2.75, 3.05) is 13.1 Å². The predicted molar refractivity (Wildman–Crippen MR) is 80.7 cm³/mol. The Kier molecular flexibility index (Phi) is 4.60. The molecule has 0 spiro atoms. The molecule has 1 aromatic heterocycles. The first kappa shape index (κ1) is 16.5. The molecule has 1 aliphatic heterocycles. The van der Waals surface area contributed by atoms with E-state index in [2.05, 4.69) is 9.97 Å². The number of carboxylic acids is 1. The molecule has 8 heteroatoms. The number of thioether (sulfide) groups is 1. The van der Waals surface area contributed by atoms with E-state index in [9.17, 15) is 9.59 Å². The number of hydrogen-bond donors (Lipinski definition) is 1. The van der Waals surface area contributed by atoms with Gasteiger partial charge >= 0.3 is 12.1 Å². The Morgan fingerprint density at radius 1 is 1.41 bits per heavy atom. The van der Waals surface area contributed by atoms with Crippen LogP contribution in [-0.4, -0.2) is 55.5 Å². The molecule has 1 aromatic rings. The Hall–Kier alpha value is -1.83. The Labute approximate surface area is 133 Å². The Morgan fingerprint density at radius 2 is 2.09 bits per heavy atom. The van der Waals surface area contributed by atoms with Crippen molar-refractivity contribution < 1.29 is 19.4 Å². The van der Waals surface area contributed by atoms with E-state index in [0.717, 1.165) is 0 Å². The molecule has 0 atom stereocenters. The first-order valence-corrected chi connectivity index (χ1v) is 7.66. The Morgan fingerprint density at radius 3 is 2.59 bits per heavy atom. The highest BCUT2D eigenvalue weighted by molar-refractivity contribution is 8.00. The fourth-order valence-corrected chi connectivity index (χ4v) is 3.46. The maximum Gasteiger partial charge on any atom is 0.410 e. The van der Waals surface area contributed by atoms with Gasteiger partial charge in [0.05, 0.1) is 17.4 Å². The number of carboxylic acid groups (broad SMARTS) is 1. The molecule has 2 heterocycles. The van der Waals surface area contributed by atoms with Crippen LogP contribution in [0.3, 0.4) is 0 Å². The Bertz CT molecular complexity index is 553. The summed E-state index contributed by atoms with van der Waals surface area (Å²) in [5.41, 5.74) is -0.569. The summed E-state index contributed by atoms with van der Waals surface area (Å²) in [6.07, 6.45) is 4.23. The molecule has 0 aliphatic carbocycles. The van der Waals surface area contributed by atoms with Crippen molar-refractivity contribution in [2.24, 2.45) is 0 Å². The molecule has 1 N–H and O–H groups in total. The second-order valence-corrected chi connectivity index (χ2v) is 7.72. The van der Waals surface area contributed by atoms with Gasteiger partial charge in [-0.1, -0.05) is 11.8 Å². The summed E-state index contributed by atoms with van der Waals surface area (Å²) in [6.45, 7) is 6.02. The molecular weight excluding hydrogens is 306 g/mol. The maximum absolute atomic E-state index is 12.0. The lowest BCUT2D eigenvalue weighted by molar-refractivity contribution is -0.138. The smallest absolute Gasteiger partial charge is 0.410 e. The maximum atomic E-state index is 12.0. The van der Waals surface area contributed by atoms with E-state index in [1.165, 1.54) is 16.7 Å². The van der Waals surface area contributed by atoms with Gasteiger partial charge in [0, 0.05) is 25.5 Å². The van der Waals surface area contributed by atoms with Gasteiger partial charge in [0.15, 0.2) is 0 Å². The number of nitrogens with zero attached hydrogens (tertiary/aromatic N) is 3. The summed E-state index contributed by atoms with van der Waals surface area (Å²) in [7, 11) is 0. The summed E-state index contributed by atoms with van der Waals surface area (Å²) in [5, 5.41) is 9.77. The first-order chi connectivity index (χ1) is 10.2. The standard InChI is InChI=1S/C14H19N3O4S/c1-13(2,3)21-12(20)17-8-14(9-17,6-11(18)19)22-10-7-15-4-5-16-10/h4-5,7H,6,8-9H2,1-3H3,(H,18,19). The van der Waals surface area contributed by atoms with Gasteiger partial charge in [0.2, 0.25) is 0 Å². The number of carbonyl (C=O) groups is 2. The number of likely N-dealkylation sites (tertiary alicyclic amines) is 1. The van der Waals surface area contributed by atoms with E-state index in [1.54, 1.807) is 39.4 Å². The van der Waals surface area contributed by atoms with Crippen molar-refractivity contribution in [3.63, 3.8) is 0 Å². The van der Waals surface area contributed by atoms with Crippen LogP contribution in [0.15, 0.2) is 23.6 Å². The zero-order valence-corrected chi connectivity index (χ0v) is 13.6. The second kappa shape index (κ2) is 6.12. The van der Waals surface area contributed by atoms with Crippen molar-refractivity contribution in [1.82, 2.24) is 14.9 Å². The van der Waals surface area contributed by atoms with Gasteiger partial charge < -0.3 is 14.7 Å². The number of aromatic nitrogens is 2. The van der Waals surface area contributed by atoms with Crippen LogP contribution in [0.1, 0.15) is 27.2 Å². The zero-order chi connectivity index (χ0) is 16.4. The van der Waals surface area contributed by atoms with Gasteiger partial charge in [-0.2, -0.15) is 0 Å². The molecule has 22 heavy (non-hydrogen) atoms. The van der Waals surface area contributed by atoms with Gasteiger partial charge in [0.25, 0.3) is 0 Å². The van der Waals surface area contributed by atoms with E-state index in [1.807, 2.05) is 0 Å². The quantitative estimate of drug-likeness (QED) is 0.905. The van der Waals surface area contributed by atoms with Crippen molar-refractivity contribution in [3.8, 4) is 0 Å². The van der Waals surface area contributed by atoms with Crippen LogP contribution in [0.4, 0.5) is 4.79 Å². The van der Waals surface area contributed by atoms with Crippen molar-refractivity contribution in [3.05, 3.63) is 18.6 Å². The third kappa shape index (κ3) is 4.33. The number of amides is 1. The number of hydrogen-bond acceptors (Lipinski definition) is 6. The minimum Gasteiger partial charge on any atom is -0.481 e. The fourth-order valence-electron chi connectivity index (χ4n) is 2.15. The molecule has 0 saturated carbocycles. The topological polar surface area (TPSA) is 92.6 Å². The second-order valence-electron chi connectivity index (χ2n) is 6.24. The molecule has 2 rings (SSSR count). The van der Waals surface area contributed by atoms with E-state index in [0.29, 0.717) is 18.1 Å². The third-order valence-corrected chi connectivity index (χ3v) is 4.20. The molecule has 1 aliphatic rings. The van der Waals surface area contributed by atoms with Crippen LogP contribution < -0.4 is 0 Å². The predicted octanol–water partition coefficient (Wildman–Crippen LogP) is 2.03. The lowest BCUT2D eigenvalue weighted by Crippen LogP contribution is -2.62. The highest BCUT2D eigenvalue weighted by Crippen LogP contribution is 2.42. The summed E-state index contributed by atoms with van der Waals surface area (Å²) in [6, 6.07) is 0. The third-order valence-electron chi connectivity index (χ3n) is 2.94. The van der Waals surface area contributed by atoms with Crippen LogP contribution >= 0.6 is 11.8 Å². The largest absolute Gasteiger partial charge is 0.481 e. The number of aliphatic carboxylic acids is 1. The highest BCUT2D eigenvalue weighted by Gasteiger charge is 2.49. The van der Waals surface area contributed by atoms with Crippen LogP contribution in [0.25, 0.3) is 0 Å². The van der Waals surface area contributed by atoms with E-state index < -0.39 is 22.4 Å². The fraction of sp³-hybridized carbons (Fsp3) is 0.571.